The summed E-state index contributed by atoms with van der Waals surface area (Å²) in [5.41, 5.74) is 0. The number of carbonyl (C=O) groups is 1. The summed E-state index contributed by atoms with van der Waals surface area (Å²) in [4.78, 5) is 32.0. The summed E-state index contributed by atoms with van der Waals surface area (Å²) in [6.07, 6.45) is 2.33. The van der Waals surface area contributed by atoms with Crippen molar-refractivity contribution in [2.45, 2.75) is 45.2 Å². The molecule has 1 aromatic heterocycles. The molecule has 2 aliphatic rings. The molecule has 0 aromatic carbocycles. The Hall–Kier alpha value is -2.20. The molecule has 2 aliphatic heterocycles. The number of ether oxygens (including phenoxy) is 1. The molecule has 2 saturated heterocycles. The highest BCUT2D eigenvalue weighted by Gasteiger charge is 2.24. The number of rotatable bonds is 9. The molecule has 3 rings (SSSR count). The minimum absolute atomic E-state index is 0.134. The predicted octanol–water partition coefficient (Wildman–Crippen LogP) is 1.13. The lowest BCUT2D eigenvalue weighted by Crippen LogP contribution is -2.43. The molecule has 0 bridgehead atoms. The van der Waals surface area contributed by atoms with Crippen molar-refractivity contribution in [3.63, 3.8) is 0 Å². The lowest BCUT2D eigenvalue weighted by molar-refractivity contribution is -0.132. The Morgan fingerprint density at radius 2 is 1.87 bits per heavy atom. The van der Waals surface area contributed by atoms with Crippen molar-refractivity contribution in [3.8, 4) is 0 Å². The molecule has 174 valence electrons. The number of hydrogen-bond acceptors (Lipinski definition) is 9. The first kappa shape index (κ1) is 23.5. The summed E-state index contributed by atoms with van der Waals surface area (Å²) in [7, 11) is 6.09. The van der Waals surface area contributed by atoms with Crippen LogP contribution in [0.1, 0.15) is 33.1 Å². The number of carbonyl (C=O) groups excluding carboxylic acids is 1. The third-order valence-corrected chi connectivity index (χ3v) is 6.03. The molecule has 0 aliphatic carbocycles. The second kappa shape index (κ2) is 10.9. The molecule has 2 fully saturated rings. The molecular weight excluding hydrogens is 396 g/mol. The summed E-state index contributed by atoms with van der Waals surface area (Å²) in [6.45, 7) is 8.81. The van der Waals surface area contributed by atoms with Crippen molar-refractivity contribution in [1.82, 2.24) is 24.8 Å². The van der Waals surface area contributed by atoms with Gasteiger partial charge in [-0.2, -0.15) is 15.0 Å². The summed E-state index contributed by atoms with van der Waals surface area (Å²) in [6, 6.07) is 0.621. The van der Waals surface area contributed by atoms with Gasteiger partial charge in [0.25, 0.3) is 0 Å². The van der Waals surface area contributed by atoms with E-state index in [-0.39, 0.29) is 11.9 Å². The number of anilines is 3. The molecule has 3 heterocycles. The maximum absolute atomic E-state index is 11.8. The van der Waals surface area contributed by atoms with E-state index in [1.165, 1.54) is 0 Å². The van der Waals surface area contributed by atoms with E-state index in [1.807, 2.05) is 7.05 Å². The Bertz CT molecular complexity index is 715. The Morgan fingerprint density at radius 3 is 2.52 bits per heavy atom. The average Bonchev–Trinajstić information content (AvgIpc) is 2.74. The van der Waals surface area contributed by atoms with Crippen LogP contribution in [-0.2, 0) is 9.53 Å². The zero-order chi connectivity index (χ0) is 22.4. The Labute approximate surface area is 185 Å². The molecule has 2 N–H and O–H groups in total. The van der Waals surface area contributed by atoms with E-state index in [2.05, 4.69) is 63.3 Å². The number of nitrogens with zero attached hydrogens (tertiary/aromatic N) is 6. The maximum Gasteiger partial charge on any atom is 0.232 e. The van der Waals surface area contributed by atoms with Crippen molar-refractivity contribution in [1.29, 1.82) is 0 Å². The first-order chi connectivity index (χ1) is 14.8. The fourth-order valence-electron chi connectivity index (χ4n) is 4.25. The van der Waals surface area contributed by atoms with Crippen molar-refractivity contribution < 1.29 is 9.53 Å². The van der Waals surface area contributed by atoms with Gasteiger partial charge in [-0.25, -0.2) is 0 Å². The minimum atomic E-state index is 0.134. The van der Waals surface area contributed by atoms with E-state index >= 15 is 0 Å². The smallest absolute Gasteiger partial charge is 0.232 e. The van der Waals surface area contributed by atoms with Gasteiger partial charge < -0.3 is 30.1 Å². The van der Waals surface area contributed by atoms with Crippen LogP contribution in [0, 0.1) is 5.92 Å². The van der Waals surface area contributed by atoms with E-state index in [9.17, 15) is 4.79 Å². The topological polar surface area (TPSA) is 98.8 Å². The van der Waals surface area contributed by atoms with Gasteiger partial charge in [0.2, 0.25) is 23.8 Å². The molecular formula is C21H38N8O2. The van der Waals surface area contributed by atoms with Gasteiger partial charge in [0, 0.05) is 51.7 Å². The molecule has 10 nitrogen and oxygen atoms in total. The number of amides is 1. The van der Waals surface area contributed by atoms with Crippen molar-refractivity contribution >= 4 is 23.8 Å². The molecule has 2 unspecified atom stereocenters. The van der Waals surface area contributed by atoms with Crippen LogP contribution in [-0.4, -0.2) is 103 Å². The molecule has 0 radical (unpaired) electrons. The number of hydrogen-bond donors (Lipinski definition) is 2. The van der Waals surface area contributed by atoms with Crippen molar-refractivity contribution in [2.75, 3.05) is 76.1 Å². The van der Waals surface area contributed by atoms with Crippen molar-refractivity contribution in [2.24, 2.45) is 5.92 Å². The Morgan fingerprint density at radius 1 is 1.16 bits per heavy atom. The first-order valence-corrected chi connectivity index (χ1v) is 11.3. The molecule has 10 heteroatoms. The van der Waals surface area contributed by atoms with Gasteiger partial charge in [-0.05, 0) is 32.9 Å². The van der Waals surface area contributed by atoms with E-state index in [4.69, 9.17) is 4.74 Å². The Kier molecular flexibility index (Phi) is 8.25. The lowest BCUT2D eigenvalue weighted by atomic mass is 10.00. The molecule has 2 atom stereocenters. The second-order valence-corrected chi connectivity index (χ2v) is 9.03. The molecule has 31 heavy (non-hydrogen) atoms. The highest BCUT2D eigenvalue weighted by molar-refractivity contribution is 5.77. The number of piperidine rings is 1. The number of morpholine rings is 1. The third-order valence-electron chi connectivity index (χ3n) is 6.03. The molecule has 1 amide bonds. The maximum atomic E-state index is 11.8. The first-order valence-electron chi connectivity index (χ1n) is 11.3. The SMILES string of the molecule is CC(C)C(CCNc1nc(NC2CCC(=O)N(C)C2)nc(N2CCOCC2)n1)N(C)C. The number of nitrogens with one attached hydrogen (secondary N) is 2. The third kappa shape index (κ3) is 6.64. The Balaban J connectivity index is 1.71. The van der Waals surface area contributed by atoms with Crippen LogP contribution in [0.4, 0.5) is 17.8 Å². The summed E-state index contributed by atoms with van der Waals surface area (Å²) in [5, 5.41) is 6.83. The van der Waals surface area contributed by atoms with Gasteiger partial charge in [-0.15, -0.1) is 0 Å². The second-order valence-electron chi connectivity index (χ2n) is 9.03. The van der Waals surface area contributed by atoms with Crippen LogP contribution in [0.15, 0.2) is 0 Å². The summed E-state index contributed by atoms with van der Waals surface area (Å²) < 4.78 is 5.47. The molecule has 1 aromatic rings. The van der Waals surface area contributed by atoms with Crippen LogP contribution in [0.25, 0.3) is 0 Å². The summed E-state index contributed by atoms with van der Waals surface area (Å²) >= 11 is 0. The van der Waals surface area contributed by atoms with Crippen LogP contribution < -0.4 is 15.5 Å². The van der Waals surface area contributed by atoms with Gasteiger partial charge in [0.1, 0.15) is 0 Å². The van der Waals surface area contributed by atoms with Crippen molar-refractivity contribution in [3.05, 3.63) is 0 Å². The van der Waals surface area contributed by atoms with Gasteiger partial charge >= 0.3 is 0 Å². The number of aromatic nitrogens is 3. The molecule has 0 saturated carbocycles. The highest BCUT2D eigenvalue weighted by Crippen LogP contribution is 2.19. The van der Waals surface area contributed by atoms with E-state index in [0.717, 1.165) is 32.5 Å². The zero-order valence-electron chi connectivity index (χ0n) is 19.6. The predicted molar refractivity (Wildman–Crippen MR) is 123 cm³/mol. The van der Waals surface area contributed by atoms with Gasteiger partial charge in [0.15, 0.2) is 0 Å². The lowest BCUT2D eigenvalue weighted by Gasteiger charge is -2.31. The van der Waals surface area contributed by atoms with Gasteiger partial charge in [-0.1, -0.05) is 13.8 Å². The summed E-state index contributed by atoms with van der Waals surface area (Å²) in [5.74, 6) is 2.56. The van der Waals surface area contributed by atoms with Crippen LogP contribution in [0.5, 0.6) is 0 Å². The van der Waals surface area contributed by atoms with Crippen LogP contribution in [0.2, 0.25) is 0 Å². The monoisotopic (exact) mass is 434 g/mol. The minimum Gasteiger partial charge on any atom is -0.378 e. The zero-order valence-corrected chi connectivity index (χ0v) is 19.6. The largest absolute Gasteiger partial charge is 0.378 e. The van der Waals surface area contributed by atoms with Crippen LogP contribution in [0.3, 0.4) is 0 Å². The van der Waals surface area contributed by atoms with E-state index in [1.54, 1.807) is 4.90 Å². The van der Waals surface area contributed by atoms with Gasteiger partial charge in [0.05, 0.1) is 13.2 Å². The van der Waals surface area contributed by atoms with E-state index in [0.29, 0.717) is 56.0 Å². The highest BCUT2D eigenvalue weighted by atomic mass is 16.5. The van der Waals surface area contributed by atoms with Gasteiger partial charge in [-0.3, -0.25) is 4.79 Å². The number of likely N-dealkylation sites (tertiary alicyclic amines) is 1. The fraction of sp³-hybridized carbons (Fsp3) is 0.810. The van der Waals surface area contributed by atoms with E-state index < -0.39 is 0 Å². The fourth-order valence-corrected chi connectivity index (χ4v) is 4.25. The normalized spacial score (nSPS) is 21.0. The standard InChI is InChI=1S/C21H38N8O2/c1-15(2)17(27(3)4)8-9-22-19-24-20(23-16-6-7-18(30)28(5)14-16)26-21(25-19)29-10-12-31-13-11-29/h15-17H,6-14H2,1-5H3,(H2,22,23,24,25,26). The van der Waals surface area contributed by atoms with Crippen LogP contribution >= 0.6 is 0 Å². The average molecular weight is 435 g/mol. The molecule has 0 spiro atoms. The number of likely N-dealkylation sites (N-methyl/N-ethyl adjacent to an activating group) is 1. The quantitative estimate of drug-likeness (QED) is 0.592.